The fourth-order valence-electron chi connectivity index (χ4n) is 2.52. The number of fused-ring (bicyclic) bond motifs is 1. The minimum absolute atomic E-state index is 0.131. The number of carbonyl (C=O) groups excluding carboxylic acids is 1. The average molecular weight is 440 g/mol. The zero-order valence-electron chi connectivity index (χ0n) is 13.1. The van der Waals surface area contributed by atoms with E-state index >= 15 is 0 Å². The molecule has 1 amide bonds. The van der Waals surface area contributed by atoms with Gasteiger partial charge in [0.1, 0.15) is 5.52 Å². The molecule has 0 radical (unpaired) electrons. The highest BCUT2D eigenvalue weighted by Crippen LogP contribution is 2.25. The van der Waals surface area contributed by atoms with Crippen LogP contribution in [-0.2, 0) is 0 Å². The lowest BCUT2D eigenvalue weighted by molar-refractivity contribution is 0.102. The summed E-state index contributed by atoms with van der Waals surface area (Å²) in [6.45, 7) is 0. The van der Waals surface area contributed by atoms with Gasteiger partial charge in [0.25, 0.3) is 5.91 Å². The van der Waals surface area contributed by atoms with Gasteiger partial charge in [-0.25, -0.2) is 4.98 Å². The van der Waals surface area contributed by atoms with E-state index in [0.717, 1.165) is 25.9 Å². The van der Waals surface area contributed by atoms with E-state index in [0.29, 0.717) is 11.5 Å². The average Bonchev–Trinajstić information content (AvgIpc) is 3.06. The summed E-state index contributed by atoms with van der Waals surface area (Å²) in [5, 5.41) is 2.90. The van der Waals surface area contributed by atoms with E-state index in [4.69, 9.17) is 4.42 Å². The Morgan fingerprint density at radius 2 is 1.76 bits per heavy atom. The first-order valence-corrected chi connectivity index (χ1v) is 8.80. The fourth-order valence-corrected chi connectivity index (χ4v) is 3.07. The Balaban J connectivity index is 1.54. The summed E-state index contributed by atoms with van der Waals surface area (Å²) < 4.78 is 6.78. The molecule has 0 aliphatic rings. The molecule has 25 heavy (non-hydrogen) atoms. The largest absolute Gasteiger partial charge is 0.436 e. The Morgan fingerprint density at radius 1 is 0.960 bits per heavy atom. The van der Waals surface area contributed by atoms with E-state index in [1.165, 1.54) is 0 Å². The molecule has 0 aliphatic carbocycles. The van der Waals surface area contributed by atoms with Crippen molar-refractivity contribution in [3.05, 3.63) is 81.9 Å². The smallest absolute Gasteiger partial charge is 0.255 e. The van der Waals surface area contributed by atoms with Crippen LogP contribution in [0.1, 0.15) is 10.4 Å². The summed E-state index contributed by atoms with van der Waals surface area (Å²) >= 11 is 2.19. The first-order valence-electron chi connectivity index (χ1n) is 7.72. The van der Waals surface area contributed by atoms with Crippen molar-refractivity contribution in [1.82, 2.24) is 4.98 Å². The number of aromatic nitrogens is 1. The molecule has 0 spiro atoms. The summed E-state index contributed by atoms with van der Waals surface area (Å²) in [6.07, 6.45) is 0. The predicted octanol–water partition coefficient (Wildman–Crippen LogP) is 5.35. The number of amides is 1. The lowest BCUT2D eigenvalue weighted by atomic mass is 10.2. The number of rotatable bonds is 3. The van der Waals surface area contributed by atoms with E-state index in [2.05, 4.69) is 32.9 Å². The van der Waals surface area contributed by atoms with E-state index < -0.39 is 0 Å². The van der Waals surface area contributed by atoms with Crippen LogP contribution in [0.15, 0.2) is 77.2 Å². The quantitative estimate of drug-likeness (QED) is 0.437. The molecule has 0 fully saturated rings. The molecule has 0 saturated heterocycles. The molecule has 4 aromatic rings. The van der Waals surface area contributed by atoms with Crippen molar-refractivity contribution in [2.45, 2.75) is 0 Å². The highest BCUT2D eigenvalue weighted by molar-refractivity contribution is 14.1. The van der Waals surface area contributed by atoms with Crippen LogP contribution in [0.4, 0.5) is 5.69 Å². The minimum atomic E-state index is -0.131. The zero-order valence-corrected chi connectivity index (χ0v) is 15.2. The van der Waals surface area contributed by atoms with Gasteiger partial charge in [0.2, 0.25) is 5.89 Å². The van der Waals surface area contributed by atoms with Crippen molar-refractivity contribution in [3.8, 4) is 11.5 Å². The van der Waals surface area contributed by atoms with Gasteiger partial charge in [-0.05, 0) is 77.2 Å². The maximum Gasteiger partial charge on any atom is 0.255 e. The molecule has 0 bridgehead atoms. The number of anilines is 1. The topological polar surface area (TPSA) is 55.1 Å². The maximum atomic E-state index is 12.3. The van der Waals surface area contributed by atoms with Gasteiger partial charge >= 0.3 is 0 Å². The number of nitrogens with zero attached hydrogens (tertiary/aromatic N) is 1. The van der Waals surface area contributed by atoms with E-state index in [1.54, 1.807) is 6.07 Å². The van der Waals surface area contributed by atoms with Gasteiger partial charge in [-0.15, -0.1) is 0 Å². The molecule has 122 valence electrons. The maximum absolute atomic E-state index is 12.3. The molecule has 5 heteroatoms. The molecule has 0 aliphatic heterocycles. The van der Waals surface area contributed by atoms with E-state index in [-0.39, 0.29) is 5.91 Å². The molecule has 1 N–H and O–H groups in total. The zero-order chi connectivity index (χ0) is 17.2. The van der Waals surface area contributed by atoms with Gasteiger partial charge in [0.05, 0.1) is 0 Å². The van der Waals surface area contributed by atoms with Crippen molar-refractivity contribution < 1.29 is 9.21 Å². The second-order valence-corrected chi connectivity index (χ2v) is 6.77. The lowest BCUT2D eigenvalue weighted by Crippen LogP contribution is -2.11. The number of carbonyl (C=O) groups is 1. The van der Waals surface area contributed by atoms with Crippen LogP contribution >= 0.6 is 22.6 Å². The monoisotopic (exact) mass is 440 g/mol. The standard InChI is InChI=1S/C20H13IN2O2/c21-15-5-3-4-14(12-15)19(24)22-16-10-8-13(9-11-16)20-23-17-6-1-2-7-18(17)25-20/h1-12H,(H,22,24). The molecule has 0 atom stereocenters. The summed E-state index contributed by atoms with van der Waals surface area (Å²) in [7, 11) is 0. The van der Waals surface area contributed by atoms with Crippen molar-refractivity contribution in [3.63, 3.8) is 0 Å². The molecule has 3 aromatic carbocycles. The molecule has 0 saturated carbocycles. The molecular weight excluding hydrogens is 427 g/mol. The molecule has 1 heterocycles. The molecule has 4 nitrogen and oxygen atoms in total. The van der Waals surface area contributed by atoms with Crippen molar-refractivity contribution in [2.75, 3.05) is 5.32 Å². The third-order valence-electron chi connectivity index (χ3n) is 3.77. The second kappa shape index (κ2) is 6.68. The number of benzene rings is 3. The third-order valence-corrected chi connectivity index (χ3v) is 4.44. The van der Waals surface area contributed by atoms with Crippen LogP contribution in [0.2, 0.25) is 0 Å². The van der Waals surface area contributed by atoms with Gasteiger partial charge in [-0.2, -0.15) is 0 Å². The first-order chi connectivity index (χ1) is 12.2. The molecular formula is C20H13IN2O2. The third kappa shape index (κ3) is 3.41. The number of para-hydroxylation sites is 2. The highest BCUT2D eigenvalue weighted by Gasteiger charge is 2.09. The van der Waals surface area contributed by atoms with Crippen LogP contribution in [0, 0.1) is 3.57 Å². The SMILES string of the molecule is O=C(Nc1ccc(-c2nc3ccccc3o2)cc1)c1cccc(I)c1. The summed E-state index contributed by atoms with van der Waals surface area (Å²) in [4.78, 5) is 16.8. The predicted molar refractivity (Wildman–Crippen MR) is 107 cm³/mol. The number of hydrogen-bond acceptors (Lipinski definition) is 3. The second-order valence-electron chi connectivity index (χ2n) is 5.53. The Hall–Kier alpha value is -2.67. The number of oxazole rings is 1. The van der Waals surface area contributed by atoms with E-state index in [9.17, 15) is 4.79 Å². The summed E-state index contributed by atoms with van der Waals surface area (Å²) in [5.41, 5.74) is 3.81. The minimum Gasteiger partial charge on any atom is -0.436 e. The Morgan fingerprint density at radius 3 is 2.52 bits per heavy atom. The van der Waals surface area contributed by atoms with Crippen LogP contribution in [-0.4, -0.2) is 10.9 Å². The number of halogens is 1. The van der Waals surface area contributed by atoms with Crippen molar-refractivity contribution in [1.29, 1.82) is 0 Å². The van der Waals surface area contributed by atoms with Crippen LogP contribution < -0.4 is 5.32 Å². The van der Waals surface area contributed by atoms with Crippen LogP contribution in [0.25, 0.3) is 22.6 Å². The van der Waals surface area contributed by atoms with Gasteiger partial charge in [0.15, 0.2) is 5.58 Å². The van der Waals surface area contributed by atoms with Gasteiger partial charge < -0.3 is 9.73 Å². The lowest BCUT2D eigenvalue weighted by Gasteiger charge is -2.06. The van der Waals surface area contributed by atoms with Gasteiger partial charge in [0, 0.05) is 20.4 Å². The number of hydrogen-bond donors (Lipinski definition) is 1. The van der Waals surface area contributed by atoms with Gasteiger partial charge in [-0.3, -0.25) is 4.79 Å². The highest BCUT2D eigenvalue weighted by atomic mass is 127. The Kier molecular flexibility index (Phi) is 4.23. The molecule has 0 unspecified atom stereocenters. The molecule has 4 rings (SSSR count). The van der Waals surface area contributed by atoms with Crippen molar-refractivity contribution in [2.24, 2.45) is 0 Å². The van der Waals surface area contributed by atoms with E-state index in [1.807, 2.05) is 66.7 Å². The normalized spacial score (nSPS) is 10.8. The Bertz CT molecular complexity index is 1020. The molecule has 1 aromatic heterocycles. The first kappa shape index (κ1) is 15.8. The summed E-state index contributed by atoms with van der Waals surface area (Å²) in [6, 6.07) is 22.6. The fraction of sp³-hybridized carbons (Fsp3) is 0. The van der Waals surface area contributed by atoms with Gasteiger partial charge in [-0.1, -0.05) is 18.2 Å². The van der Waals surface area contributed by atoms with Crippen molar-refractivity contribution >= 4 is 45.3 Å². The Labute approximate surface area is 158 Å². The van der Waals surface area contributed by atoms with Crippen LogP contribution in [0.3, 0.4) is 0 Å². The van der Waals surface area contributed by atoms with Crippen LogP contribution in [0.5, 0.6) is 0 Å². The number of nitrogens with one attached hydrogen (secondary N) is 1. The summed E-state index contributed by atoms with van der Waals surface area (Å²) in [5.74, 6) is 0.435.